The van der Waals surface area contributed by atoms with Crippen molar-refractivity contribution >= 4 is 23.2 Å². The molecular formula is C13H17NO3S. The minimum atomic E-state index is -0.887. The average Bonchev–Trinajstić information content (AvgIpc) is 2.81. The summed E-state index contributed by atoms with van der Waals surface area (Å²) < 4.78 is 0. The fraction of sp³-hybridized carbons (Fsp3) is 0.538. The fourth-order valence-corrected chi connectivity index (χ4v) is 3.58. The van der Waals surface area contributed by atoms with Gasteiger partial charge in [-0.05, 0) is 32.9 Å². The molecule has 1 saturated heterocycles. The van der Waals surface area contributed by atoms with E-state index in [2.05, 4.69) is 0 Å². The third-order valence-electron chi connectivity index (χ3n) is 3.29. The molecular weight excluding hydrogens is 250 g/mol. The summed E-state index contributed by atoms with van der Waals surface area (Å²) in [4.78, 5) is 27.1. The van der Waals surface area contributed by atoms with Gasteiger partial charge in [-0.3, -0.25) is 9.59 Å². The van der Waals surface area contributed by atoms with Crippen LogP contribution in [0.25, 0.3) is 0 Å². The number of carbonyl (C=O) groups excluding carboxylic acids is 1. The zero-order chi connectivity index (χ0) is 13.4. The van der Waals surface area contributed by atoms with Gasteiger partial charge in [-0.1, -0.05) is 0 Å². The number of likely N-dealkylation sites (tertiary alicyclic amines) is 1. The molecule has 0 saturated carbocycles. The predicted octanol–water partition coefficient (Wildman–Crippen LogP) is 2.44. The number of hydrogen-bond acceptors (Lipinski definition) is 3. The lowest BCUT2D eigenvalue weighted by molar-refractivity contribution is -0.142. The number of nitrogens with zero attached hydrogens (tertiary/aromatic N) is 1. The Labute approximate surface area is 110 Å². The standard InChI is InChI=1S/C13H17NO3S/c1-7(2)14-11(15)6-9(13(16)17)12(14)10-5-4-8(3)18-10/h4-5,7,9,12H,6H2,1-3H3,(H,16,17)/t9-,12-/m0/s1. The summed E-state index contributed by atoms with van der Waals surface area (Å²) in [5, 5.41) is 9.29. The smallest absolute Gasteiger partial charge is 0.309 e. The highest BCUT2D eigenvalue weighted by Crippen LogP contribution is 2.42. The van der Waals surface area contributed by atoms with E-state index < -0.39 is 11.9 Å². The third kappa shape index (κ3) is 2.14. The third-order valence-corrected chi connectivity index (χ3v) is 4.36. The van der Waals surface area contributed by atoms with Gasteiger partial charge in [-0.25, -0.2) is 0 Å². The Bertz CT molecular complexity index is 480. The van der Waals surface area contributed by atoms with Crippen LogP contribution in [-0.2, 0) is 9.59 Å². The lowest BCUT2D eigenvalue weighted by Crippen LogP contribution is -2.35. The van der Waals surface area contributed by atoms with Crippen LogP contribution < -0.4 is 0 Å². The van der Waals surface area contributed by atoms with Crippen molar-refractivity contribution in [3.63, 3.8) is 0 Å². The molecule has 0 radical (unpaired) electrons. The summed E-state index contributed by atoms with van der Waals surface area (Å²) in [6, 6.07) is 3.62. The second-order valence-corrected chi connectivity index (χ2v) is 6.26. The fourth-order valence-electron chi connectivity index (χ4n) is 2.53. The van der Waals surface area contributed by atoms with Gasteiger partial charge in [0.1, 0.15) is 0 Å². The zero-order valence-electron chi connectivity index (χ0n) is 10.7. The SMILES string of the molecule is Cc1ccc([C@@H]2[C@@H](C(=O)O)CC(=O)N2C(C)C)s1. The van der Waals surface area contributed by atoms with E-state index in [0.717, 1.165) is 9.75 Å². The van der Waals surface area contributed by atoms with Crippen LogP contribution in [0.15, 0.2) is 12.1 Å². The van der Waals surface area contributed by atoms with Crippen molar-refractivity contribution in [2.75, 3.05) is 0 Å². The summed E-state index contributed by atoms with van der Waals surface area (Å²) >= 11 is 1.57. The molecule has 0 unspecified atom stereocenters. The topological polar surface area (TPSA) is 57.6 Å². The minimum Gasteiger partial charge on any atom is -0.481 e. The second kappa shape index (κ2) is 4.72. The summed E-state index contributed by atoms with van der Waals surface area (Å²) in [5.41, 5.74) is 0. The molecule has 0 bridgehead atoms. The molecule has 5 heteroatoms. The van der Waals surface area contributed by atoms with Gasteiger partial charge in [0, 0.05) is 22.2 Å². The van der Waals surface area contributed by atoms with Crippen LogP contribution in [0.4, 0.5) is 0 Å². The van der Waals surface area contributed by atoms with Crippen LogP contribution >= 0.6 is 11.3 Å². The molecule has 1 aliphatic rings. The van der Waals surface area contributed by atoms with Crippen LogP contribution in [-0.4, -0.2) is 27.9 Å². The molecule has 1 amide bonds. The van der Waals surface area contributed by atoms with E-state index >= 15 is 0 Å². The number of aryl methyl sites for hydroxylation is 1. The molecule has 1 fully saturated rings. The van der Waals surface area contributed by atoms with Gasteiger partial charge in [0.05, 0.1) is 12.0 Å². The first-order chi connectivity index (χ1) is 8.41. The summed E-state index contributed by atoms with van der Waals surface area (Å²) in [5.74, 6) is -1.58. The Hall–Kier alpha value is -1.36. The van der Waals surface area contributed by atoms with Crippen LogP contribution in [0.5, 0.6) is 0 Å². The Morgan fingerprint density at radius 2 is 2.17 bits per heavy atom. The van der Waals surface area contributed by atoms with Crippen molar-refractivity contribution in [3.05, 3.63) is 21.9 Å². The van der Waals surface area contributed by atoms with Gasteiger partial charge in [0.25, 0.3) is 0 Å². The van der Waals surface area contributed by atoms with Crippen molar-refractivity contribution in [1.82, 2.24) is 4.90 Å². The van der Waals surface area contributed by atoms with Crippen LogP contribution in [0.2, 0.25) is 0 Å². The van der Waals surface area contributed by atoms with Crippen LogP contribution in [0.1, 0.15) is 36.1 Å². The van der Waals surface area contributed by atoms with Crippen molar-refractivity contribution < 1.29 is 14.7 Å². The number of thiophene rings is 1. The Morgan fingerprint density at radius 1 is 1.50 bits per heavy atom. The Morgan fingerprint density at radius 3 is 2.61 bits per heavy atom. The molecule has 2 rings (SSSR count). The summed E-state index contributed by atoms with van der Waals surface area (Å²) in [7, 11) is 0. The number of aliphatic carboxylic acids is 1. The minimum absolute atomic E-state index is 0.0225. The Balaban J connectivity index is 2.42. The predicted molar refractivity (Wildman–Crippen MR) is 69.5 cm³/mol. The highest BCUT2D eigenvalue weighted by Gasteiger charge is 2.46. The van der Waals surface area contributed by atoms with Gasteiger partial charge in [-0.2, -0.15) is 0 Å². The lowest BCUT2D eigenvalue weighted by atomic mass is 9.99. The van der Waals surface area contributed by atoms with Crippen molar-refractivity contribution in [2.24, 2.45) is 5.92 Å². The molecule has 18 heavy (non-hydrogen) atoms. The number of amides is 1. The van der Waals surface area contributed by atoms with E-state index in [1.54, 1.807) is 16.2 Å². The van der Waals surface area contributed by atoms with Crippen molar-refractivity contribution in [1.29, 1.82) is 0 Å². The molecule has 2 heterocycles. The highest BCUT2D eigenvalue weighted by atomic mass is 32.1. The maximum absolute atomic E-state index is 12.0. The van der Waals surface area contributed by atoms with E-state index in [-0.39, 0.29) is 24.4 Å². The first-order valence-electron chi connectivity index (χ1n) is 6.02. The monoisotopic (exact) mass is 267 g/mol. The second-order valence-electron chi connectivity index (χ2n) is 4.94. The van der Waals surface area contributed by atoms with E-state index in [0.29, 0.717) is 0 Å². The van der Waals surface area contributed by atoms with Crippen molar-refractivity contribution in [3.8, 4) is 0 Å². The number of rotatable bonds is 3. The quantitative estimate of drug-likeness (QED) is 0.915. The van der Waals surface area contributed by atoms with E-state index in [9.17, 15) is 14.7 Å². The summed E-state index contributed by atoms with van der Waals surface area (Å²) in [6.07, 6.45) is 0.106. The van der Waals surface area contributed by atoms with Gasteiger partial charge in [0.15, 0.2) is 0 Å². The Kier molecular flexibility index (Phi) is 3.43. The van der Waals surface area contributed by atoms with Gasteiger partial charge >= 0.3 is 5.97 Å². The van der Waals surface area contributed by atoms with E-state index in [1.807, 2.05) is 32.9 Å². The first-order valence-corrected chi connectivity index (χ1v) is 6.83. The van der Waals surface area contributed by atoms with Crippen LogP contribution in [0, 0.1) is 12.8 Å². The molecule has 0 aromatic carbocycles. The molecule has 4 nitrogen and oxygen atoms in total. The maximum atomic E-state index is 12.0. The largest absolute Gasteiger partial charge is 0.481 e. The molecule has 1 aliphatic heterocycles. The van der Waals surface area contributed by atoms with Crippen LogP contribution in [0.3, 0.4) is 0 Å². The number of carboxylic acid groups (broad SMARTS) is 1. The van der Waals surface area contributed by atoms with Gasteiger partial charge < -0.3 is 10.0 Å². The molecule has 0 spiro atoms. The van der Waals surface area contributed by atoms with E-state index in [4.69, 9.17) is 0 Å². The molecule has 1 N–H and O–H groups in total. The molecule has 2 atom stereocenters. The van der Waals surface area contributed by atoms with E-state index in [1.165, 1.54) is 0 Å². The zero-order valence-corrected chi connectivity index (χ0v) is 11.5. The van der Waals surface area contributed by atoms with Gasteiger partial charge in [0.2, 0.25) is 5.91 Å². The molecule has 1 aromatic heterocycles. The van der Waals surface area contributed by atoms with Gasteiger partial charge in [-0.15, -0.1) is 11.3 Å². The molecule has 1 aromatic rings. The maximum Gasteiger partial charge on any atom is 0.309 e. The highest BCUT2D eigenvalue weighted by molar-refractivity contribution is 7.12. The first kappa shape index (κ1) is 13.1. The van der Waals surface area contributed by atoms with Crippen molar-refractivity contribution in [2.45, 2.75) is 39.3 Å². The molecule has 0 aliphatic carbocycles. The summed E-state index contributed by atoms with van der Waals surface area (Å²) in [6.45, 7) is 5.84. The lowest BCUT2D eigenvalue weighted by Gasteiger charge is -2.29. The number of hydrogen-bond donors (Lipinski definition) is 1. The average molecular weight is 267 g/mol. The number of carboxylic acids is 1. The number of carbonyl (C=O) groups is 2. The normalized spacial score (nSPS) is 24.0. The molecule has 98 valence electrons.